The lowest BCUT2D eigenvalue weighted by molar-refractivity contribution is 0.107. The molecule has 8 heteroatoms. The van der Waals surface area contributed by atoms with E-state index in [1.807, 2.05) is 55.5 Å². The van der Waals surface area contributed by atoms with Crippen LogP contribution in [-0.2, 0) is 5.41 Å². The second-order valence-corrected chi connectivity index (χ2v) is 7.51. The van der Waals surface area contributed by atoms with Crippen LogP contribution in [0.2, 0.25) is 0 Å². The van der Waals surface area contributed by atoms with Crippen molar-refractivity contribution in [1.29, 1.82) is 0 Å². The van der Waals surface area contributed by atoms with E-state index in [1.54, 1.807) is 9.58 Å². The molecule has 1 fully saturated rings. The molecule has 0 bridgehead atoms. The maximum Gasteiger partial charge on any atom is 0.321 e. The number of nitrogens with zero attached hydrogens (tertiary/aromatic N) is 5. The van der Waals surface area contributed by atoms with Crippen molar-refractivity contribution in [3.63, 3.8) is 0 Å². The van der Waals surface area contributed by atoms with Crippen molar-refractivity contribution in [2.75, 3.05) is 25.0 Å². The quantitative estimate of drug-likeness (QED) is 0.711. The fourth-order valence-corrected chi connectivity index (χ4v) is 3.91. The van der Waals surface area contributed by atoms with Crippen molar-refractivity contribution >= 4 is 11.7 Å². The van der Waals surface area contributed by atoms with Gasteiger partial charge in [-0.1, -0.05) is 36.4 Å². The average Bonchev–Trinajstić information content (AvgIpc) is 3.31. The van der Waals surface area contributed by atoms with E-state index in [0.717, 1.165) is 29.7 Å². The van der Waals surface area contributed by atoms with Gasteiger partial charge in [-0.15, -0.1) is 5.10 Å². The highest BCUT2D eigenvalue weighted by atomic mass is 16.3. The summed E-state index contributed by atoms with van der Waals surface area (Å²) < 4.78 is 1.54. The Morgan fingerprint density at radius 1 is 1.24 bits per heavy atom. The SMILES string of the molecule is Cc1ccc(-n2cnnn2)cc1NC(=O)N1CCCC(CO)(c2ccccc2)C1. The lowest BCUT2D eigenvalue weighted by Gasteiger charge is -2.42. The number of amides is 2. The Kier molecular flexibility index (Phi) is 5.26. The van der Waals surface area contributed by atoms with E-state index in [9.17, 15) is 9.90 Å². The molecule has 0 saturated carbocycles. The first-order valence-corrected chi connectivity index (χ1v) is 9.68. The number of nitrogens with one attached hydrogen (secondary N) is 1. The van der Waals surface area contributed by atoms with Crippen LogP contribution in [0.25, 0.3) is 5.69 Å². The number of anilines is 1. The number of hydrogen-bond acceptors (Lipinski definition) is 5. The summed E-state index contributed by atoms with van der Waals surface area (Å²) in [6.07, 6.45) is 3.20. The molecule has 1 aromatic heterocycles. The van der Waals surface area contributed by atoms with Crippen LogP contribution >= 0.6 is 0 Å². The predicted octanol–water partition coefficient (Wildman–Crippen LogP) is 2.53. The van der Waals surface area contributed by atoms with E-state index in [-0.39, 0.29) is 12.6 Å². The highest BCUT2D eigenvalue weighted by Crippen LogP contribution is 2.34. The van der Waals surface area contributed by atoms with Crippen molar-refractivity contribution in [1.82, 2.24) is 25.1 Å². The monoisotopic (exact) mass is 392 g/mol. The molecule has 29 heavy (non-hydrogen) atoms. The number of tetrazole rings is 1. The number of carbonyl (C=O) groups excluding carboxylic acids is 1. The number of urea groups is 1. The second-order valence-electron chi connectivity index (χ2n) is 7.51. The van der Waals surface area contributed by atoms with Gasteiger partial charge in [-0.05, 0) is 53.5 Å². The van der Waals surface area contributed by atoms with E-state index in [4.69, 9.17) is 0 Å². The molecule has 0 spiro atoms. The summed E-state index contributed by atoms with van der Waals surface area (Å²) in [5.41, 5.74) is 3.06. The molecule has 1 atom stereocenters. The van der Waals surface area contributed by atoms with Gasteiger partial charge in [0, 0.05) is 24.2 Å². The Labute approximate surface area is 169 Å². The largest absolute Gasteiger partial charge is 0.395 e. The average molecular weight is 392 g/mol. The molecule has 1 saturated heterocycles. The number of aliphatic hydroxyl groups is 1. The van der Waals surface area contributed by atoms with Crippen LogP contribution in [-0.4, -0.2) is 55.9 Å². The first-order valence-electron chi connectivity index (χ1n) is 9.68. The van der Waals surface area contributed by atoms with Gasteiger partial charge in [-0.3, -0.25) is 0 Å². The molecule has 0 radical (unpaired) electrons. The maximum absolute atomic E-state index is 13.0. The number of aliphatic hydroxyl groups excluding tert-OH is 1. The topological polar surface area (TPSA) is 96.2 Å². The lowest BCUT2D eigenvalue weighted by atomic mass is 9.75. The molecule has 0 aliphatic carbocycles. The minimum atomic E-state index is -0.430. The second kappa shape index (κ2) is 8.00. The van der Waals surface area contributed by atoms with Crippen molar-refractivity contribution in [3.8, 4) is 5.69 Å². The maximum atomic E-state index is 13.0. The number of carbonyl (C=O) groups is 1. The minimum absolute atomic E-state index is 0.00854. The van der Waals surface area contributed by atoms with Crippen molar-refractivity contribution in [2.24, 2.45) is 0 Å². The zero-order chi connectivity index (χ0) is 20.3. The molecule has 2 heterocycles. The smallest absolute Gasteiger partial charge is 0.321 e. The van der Waals surface area contributed by atoms with Gasteiger partial charge in [0.15, 0.2) is 0 Å². The molecule has 1 aliphatic rings. The number of likely N-dealkylation sites (tertiary alicyclic amines) is 1. The van der Waals surface area contributed by atoms with E-state index in [0.29, 0.717) is 18.8 Å². The van der Waals surface area contributed by atoms with Crippen LogP contribution < -0.4 is 5.32 Å². The van der Waals surface area contributed by atoms with Crippen LogP contribution in [0.4, 0.5) is 10.5 Å². The summed E-state index contributed by atoms with van der Waals surface area (Å²) in [6, 6.07) is 15.5. The summed E-state index contributed by atoms with van der Waals surface area (Å²) in [7, 11) is 0. The number of rotatable bonds is 4. The zero-order valence-corrected chi connectivity index (χ0v) is 16.3. The van der Waals surface area contributed by atoms with E-state index in [2.05, 4.69) is 20.8 Å². The van der Waals surface area contributed by atoms with Gasteiger partial charge in [-0.25, -0.2) is 9.48 Å². The summed E-state index contributed by atoms with van der Waals surface area (Å²) in [5, 5.41) is 24.4. The zero-order valence-electron chi connectivity index (χ0n) is 16.3. The highest BCUT2D eigenvalue weighted by molar-refractivity contribution is 5.90. The molecular formula is C21H24N6O2. The molecular weight excluding hydrogens is 368 g/mol. The number of benzene rings is 2. The molecule has 8 nitrogen and oxygen atoms in total. The molecule has 1 aliphatic heterocycles. The molecule has 1 unspecified atom stereocenters. The van der Waals surface area contributed by atoms with Gasteiger partial charge >= 0.3 is 6.03 Å². The van der Waals surface area contributed by atoms with Gasteiger partial charge in [0.05, 0.1) is 12.3 Å². The Morgan fingerprint density at radius 2 is 2.07 bits per heavy atom. The Hall–Kier alpha value is -3.26. The van der Waals surface area contributed by atoms with E-state index in [1.165, 1.54) is 6.33 Å². The Balaban J connectivity index is 1.54. The van der Waals surface area contributed by atoms with Crippen LogP contribution in [0.3, 0.4) is 0 Å². The summed E-state index contributed by atoms with van der Waals surface area (Å²) in [6.45, 7) is 3.09. The third kappa shape index (κ3) is 3.84. The minimum Gasteiger partial charge on any atom is -0.395 e. The van der Waals surface area contributed by atoms with E-state index >= 15 is 0 Å². The fraction of sp³-hybridized carbons (Fsp3) is 0.333. The van der Waals surface area contributed by atoms with Crippen molar-refractivity contribution < 1.29 is 9.90 Å². The molecule has 2 aromatic carbocycles. The Morgan fingerprint density at radius 3 is 2.79 bits per heavy atom. The molecule has 4 rings (SSSR count). The van der Waals surface area contributed by atoms with Crippen molar-refractivity contribution in [3.05, 3.63) is 66.0 Å². The molecule has 150 valence electrons. The first kappa shape index (κ1) is 19.1. The van der Waals surface area contributed by atoms with Crippen LogP contribution in [0, 0.1) is 6.92 Å². The van der Waals surface area contributed by atoms with Gasteiger partial charge in [0.25, 0.3) is 0 Å². The fourth-order valence-electron chi connectivity index (χ4n) is 3.91. The number of piperidine rings is 1. The van der Waals surface area contributed by atoms with Crippen LogP contribution in [0.5, 0.6) is 0 Å². The number of aryl methyl sites for hydroxylation is 1. The molecule has 2 N–H and O–H groups in total. The third-order valence-corrected chi connectivity index (χ3v) is 5.63. The summed E-state index contributed by atoms with van der Waals surface area (Å²) >= 11 is 0. The molecule has 2 amide bonds. The number of aromatic nitrogens is 4. The van der Waals surface area contributed by atoms with E-state index < -0.39 is 5.41 Å². The third-order valence-electron chi connectivity index (χ3n) is 5.63. The number of hydrogen-bond donors (Lipinski definition) is 2. The van der Waals surface area contributed by atoms with Crippen LogP contribution in [0.1, 0.15) is 24.0 Å². The van der Waals surface area contributed by atoms with Gasteiger partial charge < -0.3 is 15.3 Å². The van der Waals surface area contributed by atoms with Gasteiger partial charge in [0.1, 0.15) is 6.33 Å². The summed E-state index contributed by atoms with van der Waals surface area (Å²) in [5.74, 6) is 0. The lowest BCUT2D eigenvalue weighted by Crippen LogP contribution is -2.51. The van der Waals surface area contributed by atoms with Gasteiger partial charge in [0.2, 0.25) is 0 Å². The first-order chi connectivity index (χ1) is 14.1. The van der Waals surface area contributed by atoms with Gasteiger partial charge in [-0.2, -0.15) is 0 Å². The summed E-state index contributed by atoms with van der Waals surface area (Å²) in [4.78, 5) is 14.8. The predicted molar refractivity (Wildman–Crippen MR) is 109 cm³/mol. The van der Waals surface area contributed by atoms with Crippen LogP contribution in [0.15, 0.2) is 54.9 Å². The Bertz CT molecular complexity index is 976. The standard InChI is InChI=1S/C21H24N6O2/c1-16-8-9-18(27-15-22-24-25-27)12-19(16)23-20(29)26-11-5-10-21(13-26,14-28)17-6-3-2-4-7-17/h2-4,6-9,12,15,28H,5,10-11,13-14H2,1H3,(H,23,29). The molecule has 3 aromatic rings. The normalized spacial score (nSPS) is 19.2. The highest BCUT2D eigenvalue weighted by Gasteiger charge is 2.38. The van der Waals surface area contributed by atoms with Crippen molar-refractivity contribution in [2.45, 2.75) is 25.2 Å².